The van der Waals surface area contributed by atoms with E-state index in [-0.39, 0.29) is 18.4 Å². The molecule has 1 atom stereocenters. The van der Waals surface area contributed by atoms with Crippen LogP contribution in [0.1, 0.15) is 18.4 Å². The molecule has 1 aromatic rings. The lowest BCUT2D eigenvalue weighted by atomic mass is 10.0. The van der Waals surface area contributed by atoms with E-state index in [1.807, 2.05) is 0 Å². The van der Waals surface area contributed by atoms with Gasteiger partial charge < -0.3 is 10.6 Å². The second kappa shape index (κ2) is 5.44. The number of benzene rings is 1. The highest BCUT2D eigenvalue weighted by atomic mass is 19.1. The molecule has 1 heterocycles. The van der Waals surface area contributed by atoms with Crippen molar-refractivity contribution in [2.75, 3.05) is 13.1 Å². The lowest BCUT2D eigenvalue weighted by Crippen LogP contribution is -2.46. The van der Waals surface area contributed by atoms with Gasteiger partial charge in [-0.15, -0.1) is 0 Å². The van der Waals surface area contributed by atoms with E-state index in [1.165, 1.54) is 12.1 Å². The molecule has 1 aliphatic heterocycles. The highest BCUT2D eigenvalue weighted by Gasteiger charge is 2.21. The van der Waals surface area contributed by atoms with Crippen LogP contribution >= 0.6 is 0 Å². The highest BCUT2D eigenvalue weighted by molar-refractivity contribution is 5.78. The van der Waals surface area contributed by atoms with E-state index in [9.17, 15) is 13.6 Å². The number of halogens is 2. The predicted molar refractivity (Wildman–Crippen MR) is 63.9 cm³/mol. The van der Waals surface area contributed by atoms with Crippen molar-refractivity contribution >= 4 is 5.91 Å². The molecule has 0 spiro atoms. The quantitative estimate of drug-likeness (QED) is 0.868. The molecule has 18 heavy (non-hydrogen) atoms. The second-order valence-corrected chi connectivity index (χ2v) is 4.70. The number of carbonyl (C=O) groups is 1. The summed E-state index contributed by atoms with van der Waals surface area (Å²) in [6.45, 7) is 1.20. The van der Waals surface area contributed by atoms with Crippen molar-refractivity contribution in [3.63, 3.8) is 0 Å². The molecule has 5 heteroatoms. The minimum Gasteiger partial charge on any atom is -0.341 e. The number of hydrogen-bond acceptors (Lipinski definition) is 2. The van der Waals surface area contributed by atoms with Crippen LogP contribution in [0.3, 0.4) is 0 Å². The van der Waals surface area contributed by atoms with E-state index in [0.29, 0.717) is 18.7 Å². The van der Waals surface area contributed by atoms with E-state index in [4.69, 9.17) is 5.73 Å². The molecule has 0 radical (unpaired) electrons. The topological polar surface area (TPSA) is 46.3 Å². The fourth-order valence-electron chi connectivity index (χ4n) is 2.24. The maximum Gasteiger partial charge on any atom is 0.227 e. The first-order chi connectivity index (χ1) is 8.54. The summed E-state index contributed by atoms with van der Waals surface area (Å²) in [6, 6.07) is 3.17. The SMILES string of the molecule is N[C@H]1CCCN(C(=O)Cc2cc(F)cc(F)c2)C1. The third kappa shape index (κ3) is 3.26. The van der Waals surface area contributed by atoms with Crippen molar-refractivity contribution in [3.05, 3.63) is 35.4 Å². The third-order valence-electron chi connectivity index (χ3n) is 3.09. The zero-order chi connectivity index (χ0) is 13.1. The summed E-state index contributed by atoms with van der Waals surface area (Å²) < 4.78 is 26.0. The predicted octanol–water partition coefficient (Wildman–Crippen LogP) is 1.46. The Labute approximate surface area is 105 Å². The van der Waals surface area contributed by atoms with Gasteiger partial charge >= 0.3 is 0 Å². The van der Waals surface area contributed by atoms with Crippen LogP contribution in [0.2, 0.25) is 0 Å². The molecule has 2 N–H and O–H groups in total. The van der Waals surface area contributed by atoms with Crippen molar-refractivity contribution in [2.45, 2.75) is 25.3 Å². The molecule has 1 saturated heterocycles. The Morgan fingerprint density at radius 2 is 2.00 bits per heavy atom. The number of likely N-dealkylation sites (tertiary alicyclic amines) is 1. The monoisotopic (exact) mass is 254 g/mol. The third-order valence-corrected chi connectivity index (χ3v) is 3.09. The summed E-state index contributed by atoms with van der Waals surface area (Å²) in [5.74, 6) is -1.45. The Hall–Kier alpha value is -1.49. The van der Waals surface area contributed by atoms with Crippen molar-refractivity contribution in [1.82, 2.24) is 4.90 Å². The van der Waals surface area contributed by atoms with E-state index in [0.717, 1.165) is 18.9 Å². The lowest BCUT2D eigenvalue weighted by Gasteiger charge is -2.30. The van der Waals surface area contributed by atoms with Crippen LogP contribution in [0, 0.1) is 11.6 Å². The average Bonchev–Trinajstić information content (AvgIpc) is 2.27. The van der Waals surface area contributed by atoms with Gasteiger partial charge in [-0.1, -0.05) is 0 Å². The van der Waals surface area contributed by atoms with Gasteiger partial charge in [0.1, 0.15) is 11.6 Å². The molecule has 1 aliphatic rings. The zero-order valence-electron chi connectivity index (χ0n) is 10.0. The molecule has 0 unspecified atom stereocenters. The van der Waals surface area contributed by atoms with Gasteiger partial charge in [0.15, 0.2) is 0 Å². The standard InChI is InChI=1S/C13H16F2N2O/c14-10-4-9(5-11(15)7-10)6-13(18)17-3-1-2-12(16)8-17/h4-5,7,12H,1-3,6,8,16H2/t12-/m0/s1. The first-order valence-corrected chi connectivity index (χ1v) is 6.03. The number of rotatable bonds is 2. The molecule has 0 saturated carbocycles. The van der Waals surface area contributed by atoms with Crippen LogP contribution in [-0.4, -0.2) is 29.9 Å². The molecule has 3 nitrogen and oxygen atoms in total. The summed E-state index contributed by atoms with van der Waals surface area (Å²) in [4.78, 5) is 13.6. The van der Waals surface area contributed by atoms with E-state index in [1.54, 1.807) is 4.90 Å². The normalized spacial score (nSPS) is 19.9. The van der Waals surface area contributed by atoms with Gasteiger partial charge in [-0.05, 0) is 30.5 Å². The summed E-state index contributed by atoms with van der Waals surface area (Å²) in [7, 11) is 0. The van der Waals surface area contributed by atoms with Crippen LogP contribution in [0.15, 0.2) is 18.2 Å². The Bertz CT molecular complexity index is 430. The summed E-state index contributed by atoms with van der Waals surface area (Å²) >= 11 is 0. The molecule has 0 aromatic heterocycles. The van der Waals surface area contributed by atoms with E-state index < -0.39 is 11.6 Å². The van der Waals surface area contributed by atoms with Crippen LogP contribution in [0.5, 0.6) is 0 Å². The van der Waals surface area contributed by atoms with Crippen molar-refractivity contribution in [1.29, 1.82) is 0 Å². The van der Waals surface area contributed by atoms with Gasteiger partial charge in [0.25, 0.3) is 0 Å². The number of piperidine rings is 1. The fourth-order valence-corrected chi connectivity index (χ4v) is 2.24. The fraction of sp³-hybridized carbons (Fsp3) is 0.462. The molecular weight excluding hydrogens is 238 g/mol. The van der Waals surface area contributed by atoms with Crippen LogP contribution in [0.25, 0.3) is 0 Å². The number of carbonyl (C=O) groups excluding carboxylic acids is 1. The Balaban J connectivity index is 2.02. The summed E-state index contributed by atoms with van der Waals surface area (Å²) in [5.41, 5.74) is 6.15. The number of amides is 1. The van der Waals surface area contributed by atoms with Gasteiger partial charge in [0.05, 0.1) is 6.42 Å². The first-order valence-electron chi connectivity index (χ1n) is 6.03. The number of nitrogens with two attached hydrogens (primary N) is 1. The van der Waals surface area contributed by atoms with Gasteiger partial charge in [-0.3, -0.25) is 4.79 Å². The average molecular weight is 254 g/mol. The maximum absolute atomic E-state index is 13.0. The molecule has 98 valence electrons. The molecule has 2 rings (SSSR count). The van der Waals surface area contributed by atoms with Crippen molar-refractivity contribution in [3.8, 4) is 0 Å². The number of nitrogens with zero attached hydrogens (tertiary/aromatic N) is 1. The molecule has 1 fully saturated rings. The van der Waals surface area contributed by atoms with Gasteiger partial charge in [-0.25, -0.2) is 8.78 Å². The molecule has 0 aliphatic carbocycles. The van der Waals surface area contributed by atoms with E-state index >= 15 is 0 Å². The van der Waals surface area contributed by atoms with Crippen molar-refractivity contribution in [2.24, 2.45) is 5.73 Å². The minimum atomic E-state index is -0.659. The van der Waals surface area contributed by atoms with Gasteiger partial charge in [0, 0.05) is 25.2 Å². The van der Waals surface area contributed by atoms with Crippen LogP contribution in [0.4, 0.5) is 8.78 Å². The minimum absolute atomic E-state index is 0.00643. The Morgan fingerprint density at radius 3 is 2.61 bits per heavy atom. The second-order valence-electron chi connectivity index (χ2n) is 4.70. The van der Waals surface area contributed by atoms with Gasteiger partial charge in [0.2, 0.25) is 5.91 Å². The maximum atomic E-state index is 13.0. The lowest BCUT2D eigenvalue weighted by molar-refractivity contribution is -0.131. The largest absolute Gasteiger partial charge is 0.341 e. The summed E-state index contributed by atoms with van der Waals surface area (Å²) in [6.07, 6.45) is 1.81. The van der Waals surface area contributed by atoms with Crippen molar-refractivity contribution < 1.29 is 13.6 Å². The Morgan fingerprint density at radius 1 is 1.33 bits per heavy atom. The molecule has 1 amide bonds. The molecule has 1 aromatic carbocycles. The van der Waals surface area contributed by atoms with Crippen LogP contribution < -0.4 is 5.73 Å². The molecule has 0 bridgehead atoms. The zero-order valence-corrected chi connectivity index (χ0v) is 10.0. The van der Waals surface area contributed by atoms with Crippen LogP contribution in [-0.2, 0) is 11.2 Å². The van der Waals surface area contributed by atoms with E-state index in [2.05, 4.69) is 0 Å². The Kier molecular flexibility index (Phi) is 3.91. The summed E-state index contributed by atoms with van der Waals surface area (Å²) in [5, 5.41) is 0. The first kappa shape index (κ1) is 13.0. The smallest absolute Gasteiger partial charge is 0.227 e. The van der Waals surface area contributed by atoms with Gasteiger partial charge in [-0.2, -0.15) is 0 Å². The highest BCUT2D eigenvalue weighted by Crippen LogP contribution is 2.13. The molecular formula is C13H16F2N2O. The number of hydrogen-bond donors (Lipinski definition) is 1.